The lowest BCUT2D eigenvalue weighted by Crippen LogP contribution is -2.51. The molecule has 1 atom stereocenters. The molecule has 0 aromatic heterocycles. The molecule has 1 N–H and O–H groups in total. The van der Waals surface area contributed by atoms with Gasteiger partial charge in [-0.15, -0.1) is 0 Å². The molecule has 35 heavy (non-hydrogen) atoms. The molecule has 0 fully saturated rings. The van der Waals surface area contributed by atoms with E-state index in [0.29, 0.717) is 29.5 Å². The van der Waals surface area contributed by atoms with Gasteiger partial charge in [0.1, 0.15) is 18.3 Å². The molecule has 0 saturated carbocycles. The van der Waals surface area contributed by atoms with Crippen molar-refractivity contribution >= 4 is 39.1 Å². The zero-order valence-electron chi connectivity index (χ0n) is 20.8. The molecule has 2 aromatic rings. The molecule has 0 aliphatic rings. The molecule has 0 bridgehead atoms. The summed E-state index contributed by atoms with van der Waals surface area (Å²) in [6.07, 6.45) is 1.03. The van der Waals surface area contributed by atoms with E-state index in [9.17, 15) is 18.0 Å². The molecule has 0 aliphatic heterocycles. The number of para-hydroxylation sites is 2. The normalized spacial score (nSPS) is 12.2. The van der Waals surface area contributed by atoms with Gasteiger partial charge in [-0.1, -0.05) is 55.8 Å². The highest BCUT2D eigenvalue weighted by Crippen LogP contribution is 2.30. The van der Waals surface area contributed by atoms with Crippen molar-refractivity contribution in [3.05, 3.63) is 59.1 Å². The minimum absolute atomic E-state index is 0.0412. The molecule has 8 nitrogen and oxygen atoms in total. The molecule has 2 amide bonds. The van der Waals surface area contributed by atoms with Gasteiger partial charge in [-0.25, -0.2) is 8.42 Å². The summed E-state index contributed by atoms with van der Waals surface area (Å²) in [5.41, 5.74) is 0.895. The summed E-state index contributed by atoms with van der Waals surface area (Å²) in [6.45, 7) is 7.66. The maximum absolute atomic E-state index is 13.6. The molecule has 0 heterocycles. The molecular formula is C25H34ClN3O5S. The van der Waals surface area contributed by atoms with Crippen molar-refractivity contribution in [2.75, 3.05) is 30.3 Å². The number of carbonyl (C=O) groups is 2. The lowest BCUT2D eigenvalue weighted by Gasteiger charge is -2.32. The van der Waals surface area contributed by atoms with Gasteiger partial charge in [0.15, 0.2) is 0 Å². The van der Waals surface area contributed by atoms with E-state index >= 15 is 0 Å². The minimum atomic E-state index is -3.86. The molecule has 1 unspecified atom stereocenters. The minimum Gasteiger partial charge on any atom is -0.492 e. The zero-order valence-corrected chi connectivity index (χ0v) is 22.4. The van der Waals surface area contributed by atoms with Gasteiger partial charge >= 0.3 is 0 Å². The fraction of sp³-hybridized carbons (Fsp3) is 0.440. The van der Waals surface area contributed by atoms with Crippen molar-refractivity contribution in [1.82, 2.24) is 10.2 Å². The Morgan fingerprint density at radius 1 is 1.06 bits per heavy atom. The van der Waals surface area contributed by atoms with Crippen LogP contribution < -0.4 is 14.4 Å². The van der Waals surface area contributed by atoms with Crippen LogP contribution in [0, 0.1) is 5.92 Å². The highest BCUT2D eigenvalue weighted by molar-refractivity contribution is 7.92. The molecule has 0 aliphatic carbocycles. The van der Waals surface area contributed by atoms with Crippen LogP contribution in [0.2, 0.25) is 5.02 Å². The van der Waals surface area contributed by atoms with Gasteiger partial charge in [0, 0.05) is 18.1 Å². The fourth-order valence-corrected chi connectivity index (χ4v) is 4.43. The molecule has 2 aromatic carbocycles. The van der Waals surface area contributed by atoms with Crippen molar-refractivity contribution in [2.45, 2.75) is 40.3 Å². The number of hydrogen-bond acceptors (Lipinski definition) is 5. The van der Waals surface area contributed by atoms with Crippen molar-refractivity contribution in [1.29, 1.82) is 0 Å². The summed E-state index contributed by atoms with van der Waals surface area (Å²) in [5.74, 6) is -0.308. The van der Waals surface area contributed by atoms with Crippen LogP contribution in [-0.2, 0) is 26.2 Å². The van der Waals surface area contributed by atoms with Gasteiger partial charge in [-0.2, -0.15) is 0 Å². The number of ether oxygens (including phenoxy) is 1. The lowest BCUT2D eigenvalue weighted by atomic mass is 10.1. The van der Waals surface area contributed by atoms with Crippen LogP contribution in [0.3, 0.4) is 0 Å². The number of benzene rings is 2. The Labute approximate surface area is 213 Å². The average Bonchev–Trinajstić information content (AvgIpc) is 2.80. The Hall–Kier alpha value is -2.78. The number of halogens is 1. The largest absolute Gasteiger partial charge is 0.492 e. The topological polar surface area (TPSA) is 96.0 Å². The quantitative estimate of drug-likeness (QED) is 0.457. The van der Waals surface area contributed by atoms with E-state index in [1.54, 1.807) is 62.4 Å². The van der Waals surface area contributed by atoms with Crippen LogP contribution in [0.4, 0.5) is 5.69 Å². The van der Waals surface area contributed by atoms with Gasteiger partial charge in [0.25, 0.3) is 0 Å². The number of nitrogens with one attached hydrogen (secondary N) is 1. The summed E-state index contributed by atoms with van der Waals surface area (Å²) in [6, 6.07) is 12.8. The Bertz CT molecular complexity index is 1120. The predicted molar refractivity (Wildman–Crippen MR) is 139 cm³/mol. The van der Waals surface area contributed by atoms with Crippen LogP contribution >= 0.6 is 11.6 Å². The number of nitrogens with zero attached hydrogens (tertiary/aromatic N) is 2. The molecule has 192 valence electrons. The molecule has 0 saturated heterocycles. The first-order chi connectivity index (χ1) is 16.5. The predicted octanol–water partition coefficient (Wildman–Crippen LogP) is 3.69. The molecule has 0 spiro atoms. The smallest absolute Gasteiger partial charge is 0.244 e. The summed E-state index contributed by atoms with van der Waals surface area (Å²) >= 11 is 6.33. The lowest BCUT2D eigenvalue weighted by molar-refractivity contribution is -0.139. The monoisotopic (exact) mass is 523 g/mol. The van der Waals surface area contributed by atoms with Crippen LogP contribution in [0.25, 0.3) is 0 Å². The summed E-state index contributed by atoms with van der Waals surface area (Å²) in [5, 5.41) is 3.29. The third kappa shape index (κ3) is 8.14. The second-order valence-electron chi connectivity index (χ2n) is 8.60. The Morgan fingerprint density at radius 2 is 1.69 bits per heavy atom. The first kappa shape index (κ1) is 28.5. The first-order valence-electron chi connectivity index (χ1n) is 11.5. The van der Waals surface area contributed by atoms with Crippen LogP contribution in [0.5, 0.6) is 5.75 Å². The summed E-state index contributed by atoms with van der Waals surface area (Å²) in [4.78, 5) is 27.8. The standard InChI is InChI=1S/C25H34ClN3O5S/c1-6-34-23-14-10-9-13-22(23)29(35(5,32)33)17-24(30)28(16-20-11-7-8-12-21(20)26)19(4)25(31)27-15-18(2)3/h7-14,18-19H,6,15-17H2,1-5H3,(H,27,31). The number of amides is 2. The highest BCUT2D eigenvalue weighted by Gasteiger charge is 2.31. The summed E-state index contributed by atoms with van der Waals surface area (Å²) < 4.78 is 32.1. The number of hydrogen-bond donors (Lipinski definition) is 1. The van der Waals surface area contributed by atoms with Crippen LogP contribution in [0.15, 0.2) is 48.5 Å². The Morgan fingerprint density at radius 3 is 2.29 bits per heavy atom. The van der Waals surface area contributed by atoms with Crippen LogP contribution in [0.1, 0.15) is 33.3 Å². The third-order valence-electron chi connectivity index (χ3n) is 5.26. The summed E-state index contributed by atoms with van der Waals surface area (Å²) in [7, 11) is -3.86. The van der Waals surface area contributed by atoms with Gasteiger partial charge in [0.05, 0.1) is 18.6 Å². The zero-order chi connectivity index (χ0) is 26.2. The van der Waals surface area contributed by atoms with E-state index < -0.39 is 28.5 Å². The van der Waals surface area contributed by atoms with Gasteiger partial charge < -0.3 is 15.0 Å². The van der Waals surface area contributed by atoms with Gasteiger partial charge in [0.2, 0.25) is 21.8 Å². The molecule has 2 rings (SSSR count). The van der Waals surface area contributed by atoms with Crippen LogP contribution in [-0.4, -0.2) is 57.1 Å². The number of anilines is 1. The van der Waals surface area contributed by atoms with Gasteiger partial charge in [-0.3, -0.25) is 13.9 Å². The second kappa shape index (κ2) is 12.8. The second-order valence-corrected chi connectivity index (χ2v) is 10.9. The number of rotatable bonds is 12. The van der Waals surface area contributed by atoms with Crippen molar-refractivity contribution in [3.8, 4) is 5.75 Å². The van der Waals surface area contributed by atoms with E-state index in [-0.39, 0.29) is 24.1 Å². The van der Waals surface area contributed by atoms with E-state index in [4.69, 9.17) is 16.3 Å². The Balaban J connectivity index is 2.43. The molecular weight excluding hydrogens is 490 g/mol. The highest BCUT2D eigenvalue weighted by atomic mass is 35.5. The van der Waals surface area contributed by atoms with E-state index in [2.05, 4.69) is 5.32 Å². The molecule has 0 radical (unpaired) electrons. The van der Waals surface area contributed by atoms with E-state index in [0.717, 1.165) is 10.6 Å². The van der Waals surface area contributed by atoms with Crippen molar-refractivity contribution in [2.24, 2.45) is 5.92 Å². The Kier molecular flexibility index (Phi) is 10.4. The maximum atomic E-state index is 13.6. The third-order valence-corrected chi connectivity index (χ3v) is 6.76. The first-order valence-corrected chi connectivity index (χ1v) is 13.7. The number of sulfonamides is 1. The van der Waals surface area contributed by atoms with Gasteiger partial charge in [-0.05, 0) is 43.5 Å². The maximum Gasteiger partial charge on any atom is 0.244 e. The van der Waals surface area contributed by atoms with Crippen molar-refractivity contribution < 1.29 is 22.7 Å². The van der Waals surface area contributed by atoms with E-state index in [1.165, 1.54) is 4.90 Å². The number of carbonyl (C=O) groups excluding carboxylic acids is 2. The fourth-order valence-electron chi connectivity index (χ4n) is 3.38. The SMILES string of the molecule is CCOc1ccccc1N(CC(=O)N(Cc1ccccc1Cl)C(C)C(=O)NCC(C)C)S(C)(=O)=O. The van der Waals surface area contributed by atoms with E-state index in [1.807, 2.05) is 13.8 Å². The average molecular weight is 524 g/mol. The van der Waals surface area contributed by atoms with Crippen molar-refractivity contribution in [3.63, 3.8) is 0 Å². The molecule has 10 heteroatoms.